The molecule has 12 heavy (non-hydrogen) atoms. The number of benzene rings is 1. The van der Waals surface area contributed by atoms with Gasteiger partial charge in [0.05, 0.1) is 10.6 Å². The number of rotatable bonds is 1. The first kappa shape index (κ1) is 9.57. The lowest BCUT2D eigenvalue weighted by Gasteiger charge is -2.02. The summed E-state index contributed by atoms with van der Waals surface area (Å²) in [5.41, 5.74) is 1.99. The van der Waals surface area contributed by atoms with Crippen molar-refractivity contribution < 1.29 is 0 Å². The number of halogens is 2. The van der Waals surface area contributed by atoms with Crippen LogP contribution in [0, 0.1) is 13.5 Å². The normalized spacial score (nSPS) is 9.50. The molecule has 62 valence electrons. The van der Waals surface area contributed by atoms with Crippen molar-refractivity contribution >= 4 is 27.5 Å². The molecule has 1 nitrogen and oxygen atoms in total. The molecule has 0 amide bonds. The lowest BCUT2D eigenvalue weighted by Crippen LogP contribution is -1.87. The van der Waals surface area contributed by atoms with Crippen LogP contribution in [0.1, 0.15) is 11.1 Å². The maximum atomic E-state index is 6.74. The molecule has 0 saturated heterocycles. The quantitative estimate of drug-likeness (QED) is 0.661. The molecule has 1 rings (SSSR count). The van der Waals surface area contributed by atoms with E-state index in [1.165, 1.54) is 0 Å². The fourth-order valence-corrected chi connectivity index (χ4v) is 2.04. The van der Waals surface area contributed by atoms with E-state index in [0.717, 1.165) is 15.6 Å². The van der Waals surface area contributed by atoms with Crippen LogP contribution in [0.5, 0.6) is 0 Å². The van der Waals surface area contributed by atoms with Crippen LogP contribution in [0.15, 0.2) is 16.6 Å². The second-order valence-electron chi connectivity index (χ2n) is 2.50. The molecule has 1 aromatic rings. The summed E-state index contributed by atoms with van der Waals surface area (Å²) in [5.74, 6) is 0. The van der Waals surface area contributed by atoms with Crippen molar-refractivity contribution in [2.75, 3.05) is 0 Å². The maximum absolute atomic E-state index is 6.74. The summed E-state index contributed by atoms with van der Waals surface area (Å²) in [6, 6.07) is 3.78. The largest absolute Gasteiger partial charge is 0.312 e. The summed E-state index contributed by atoms with van der Waals surface area (Å²) in [5, 5.41) is 0.665. The molecule has 0 bridgehead atoms. The van der Waals surface area contributed by atoms with Crippen LogP contribution in [0.4, 0.5) is 0 Å². The summed E-state index contributed by atoms with van der Waals surface area (Å²) in [6.45, 7) is 9.06. The fourth-order valence-electron chi connectivity index (χ4n) is 1.01. The van der Waals surface area contributed by atoms with E-state index in [2.05, 4.69) is 20.8 Å². The summed E-state index contributed by atoms with van der Waals surface area (Å²) in [7, 11) is 0. The molecular formula is C9H7BrClN. The van der Waals surface area contributed by atoms with E-state index in [1.54, 1.807) is 0 Å². The van der Waals surface area contributed by atoms with Gasteiger partial charge in [-0.1, -0.05) is 27.5 Å². The summed E-state index contributed by atoms with van der Waals surface area (Å²) in [4.78, 5) is 3.31. The van der Waals surface area contributed by atoms with Gasteiger partial charge >= 0.3 is 0 Å². The predicted molar refractivity (Wildman–Crippen MR) is 54.2 cm³/mol. The second-order valence-corrected chi connectivity index (χ2v) is 3.82. The average Bonchev–Trinajstić information content (AvgIpc) is 1.96. The van der Waals surface area contributed by atoms with Gasteiger partial charge in [-0.05, 0) is 24.6 Å². The van der Waals surface area contributed by atoms with Gasteiger partial charge in [0.15, 0.2) is 0 Å². The minimum Gasteiger partial charge on any atom is -0.312 e. The molecule has 0 aliphatic carbocycles. The Bertz CT molecular complexity index is 318. The number of nitrogens with zero attached hydrogens (tertiary/aromatic N) is 1. The van der Waals surface area contributed by atoms with Crippen molar-refractivity contribution in [1.82, 2.24) is 0 Å². The van der Waals surface area contributed by atoms with Gasteiger partial charge in [0, 0.05) is 4.47 Å². The Morgan fingerprint density at radius 1 is 1.58 bits per heavy atom. The van der Waals surface area contributed by atoms with Gasteiger partial charge in [0.2, 0.25) is 6.54 Å². The van der Waals surface area contributed by atoms with Gasteiger partial charge in [-0.2, -0.15) is 0 Å². The molecule has 0 radical (unpaired) electrons. The van der Waals surface area contributed by atoms with E-state index in [1.807, 2.05) is 19.1 Å². The highest BCUT2D eigenvalue weighted by molar-refractivity contribution is 9.10. The topological polar surface area (TPSA) is 4.36 Å². The summed E-state index contributed by atoms with van der Waals surface area (Å²) in [6.07, 6.45) is 0. The SMILES string of the molecule is [C-]#[N+]Cc1c(C)cc(Br)cc1Cl. The Hall–Kier alpha value is -0.520. The van der Waals surface area contributed by atoms with Crippen LogP contribution in [0.3, 0.4) is 0 Å². The molecule has 0 fully saturated rings. The third kappa shape index (κ3) is 2.00. The second kappa shape index (κ2) is 3.93. The molecule has 0 aromatic heterocycles. The zero-order valence-electron chi connectivity index (χ0n) is 6.56. The highest BCUT2D eigenvalue weighted by Crippen LogP contribution is 2.25. The zero-order chi connectivity index (χ0) is 9.14. The van der Waals surface area contributed by atoms with E-state index in [9.17, 15) is 0 Å². The smallest absolute Gasteiger partial charge is 0.241 e. The van der Waals surface area contributed by atoms with Gasteiger partial charge in [0.25, 0.3) is 0 Å². The van der Waals surface area contributed by atoms with Crippen LogP contribution < -0.4 is 0 Å². The maximum Gasteiger partial charge on any atom is 0.241 e. The van der Waals surface area contributed by atoms with Crippen LogP contribution in [-0.4, -0.2) is 0 Å². The van der Waals surface area contributed by atoms with E-state index < -0.39 is 0 Å². The Labute approximate surface area is 85.3 Å². The van der Waals surface area contributed by atoms with Gasteiger partial charge in [-0.3, -0.25) is 0 Å². The highest BCUT2D eigenvalue weighted by Gasteiger charge is 2.07. The van der Waals surface area contributed by atoms with E-state index in [-0.39, 0.29) is 0 Å². The minimum atomic E-state index is 0.359. The highest BCUT2D eigenvalue weighted by atomic mass is 79.9. The van der Waals surface area contributed by atoms with Crippen molar-refractivity contribution in [2.24, 2.45) is 0 Å². The molecule has 0 spiro atoms. The third-order valence-corrected chi connectivity index (χ3v) is 2.42. The van der Waals surface area contributed by atoms with Gasteiger partial charge in [0.1, 0.15) is 0 Å². The average molecular weight is 245 g/mol. The van der Waals surface area contributed by atoms with Crippen LogP contribution >= 0.6 is 27.5 Å². The molecule has 0 heterocycles. The number of hydrogen-bond acceptors (Lipinski definition) is 0. The number of aryl methyl sites for hydroxylation is 1. The summed E-state index contributed by atoms with van der Waals surface area (Å²) >= 11 is 9.28. The monoisotopic (exact) mass is 243 g/mol. The molecule has 3 heteroatoms. The molecule has 0 atom stereocenters. The molecule has 0 N–H and O–H groups in total. The van der Waals surface area contributed by atoms with Crippen LogP contribution in [0.25, 0.3) is 4.85 Å². The lowest BCUT2D eigenvalue weighted by molar-refractivity contribution is 1.20. The zero-order valence-corrected chi connectivity index (χ0v) is 8.91. The van der Waals surface area contributed by atoms with Crippen molar-refractivity contribution in [3.8, 4) is 0 Å². The Morgan fingerprint density at radius 3 is 2.75 bits per heavy atom. The third-order valence-electron chi connectivity index (χ3n) is 1.62. The first-order chi connectivity index (χ1) is 5.65. The van der Waals surface area contributed by atoms with Gasteiger partial charge in [-0.25, -0.2) is 6.57 Å². The van der Waals surface area contributed by atoms with Crippen molar-refractivity contribution in [1.29, 1.82) is 0 Å². The Kier molecular flexibility index (Phi) is 3.13. The fraction of sp³-hybridized carbons (Fsp3) is 0.222. The standard InChI is InChI=1S/C9H7BrClN/c1-6-3-7(10)4-9(11)8(6)5-12-2/h3-4H,5H2,1H3. The van der Waals surface area contributed by atoms with E-state index in [0.29, 0.717) is 11.6 Å². The number of hydrogen-bond donors (Lipinski definition) is 0. The molecule has 0 saturated carbocycles. The van der Waals surface area contributed by atoms with Gasteiger partial charge in [-0.15, -0.1) is 0 Å². The Morgan fingerprint density at radius 2 is 2.25 bits per heavy atom. The lowest BCUT2D eigenvalue weighted by atomic mass is 10.1. The van der Waals surface area contributed by atoms with Crippen molar-refractivity contribution in [2.45, 2.75) is 13.5 Å². The van der Waals surface area contributed by atoms with Crippen molar-refractivity contribution in [3.05, 3.63) is 44.2 Å². The molecule has 0 aliphatic heterocycles. The first-order valence-corrected chi connectivity index (χ1v) is 4.60. The van der Waals surface area contributed by atoms with E-state index >= 15 is 0 Å². The van der Waals surface area contributed by atoms with Crippen LogP contribution in [0.2, 0.25) is 5.02 Å². The van der Waals surface area contributed by atoms with E-state index in [4.69, 9.17) is 18.2 Å². The minimum absolute atomic E-state index is 0.359. The molecule has 0 unspecified atom stereocenters. The van der Waals surface area contributed by atoms with Crippen molar-refractivity contribution in [3.63, 3.8) is 0 Å². The molecule has 0 aliphatic rings. The molecule has 1 aromatic carbocycles. The Balaban J connectivity index is 3.21. The molecular weight excluding hydrogens is 237 g/mol. The predicted octanol–water partition coefficient (Wildman–Crippen LogP) is 3.83. The summed E-state index contributed by atoms with van der Waals surface area (Å²) < 4.78 is 0.957. The first-order valence-electron chi connectivity index (χ1n) is 3.43. The van der Waals surface area contributed by atoms with Gasteiger partial charge < -0.3 is 4.85 Å². The van der Waals surface area contributed by atoms with Crippen LogP contribution in [-0.2, 0) is 6.54 Å².